The first-order valence-corrected chi connectivity index (χ1v) is 12.9. The number of aromatic nitrogens is 3. The highest BCUT2D eigenvalue weighted by atomic mass is 19.1. The minimum atomic E-state index is -0.773. The van der Waals surface area contributed by atoms with Crippen molar-refractivity contribution in [2.24, 2.45) is 4.99 Å². The zero-order valence-electron chi connectivity index (χ0n) is 23.8. The molecule has 1 amide bonds. The number of methoxy groups -OCH3 is 2. The van der Waals surface area contributed by atoms with Crippen LogP contribution in [0.4, 0.5) is 4.39 Å². The van der Waals surface area contributed by atoms with Crippen LogP contribution in [0.5, 0.6) is 17.2 Å². The second-order valence-electron chi connectivity index (χ2n) is 9.38. The first-order chi connectivity index (χ1) is 20.1. The van der Waals surface area contributed by atoms with Gasteiger partial charge in [0.2, 0.25) is 5.43 Å². The molecule has 0 bridgehead atoms. The van der Waals surface area contributed by atoms with Gasteiger partial charge in [0.15, 0.2) is 17.2 Å². The number of pyridine rings is 1. The number of aliphatic imine (C=N–C) groups is 1. The van der Waals surface area contributed by atoms with Gasteiger partial charge >= 0.3 is 0 Å². The molecular weight excluding hydrogens is 541 g/mol. The molecule has 1 N–H and O–H groups in total. The fourth-order valence-corrected chi connectivity index (χ4v) is 4.01. The molecule has 2 aromatic carbocycles. The predicted molar refractivity (Wildman–Crippen MR) is 159 cm³/mol. The summed E-state index contributed by atoms with van der Waals surface area (Å²) in [7, 11) is 3.09. The lowest BCUT2D eigenvalue weighted by molar-refractivity contribution is 0.0956. The number of nitrogens with one attached hydrogen (secondary N) is 1. The molecule has 10 nitrogen and oxygen atoms in total. The van der Waals surface area contributed by atoms with Crippen LogP contribution in [-0.4, -0.2) is 41.6 Å². The van der Waals surface area contributed by atoms with Gasteiger partial charge in [-0.25, -0.2) is 9.38 Å². The van der Waals surface area contributed by atoms with Crippen LogP contribution in [0.1, 0.15) is 37.3 Å². The zero-order valence-corrected chi connectivity index (χ0v) is 23.8. The van der Waals surface area contributed by atoms with Crippen LogP contribution < -0.4 is 25.0 Å². The highest BCUT2D eigenvalue weighted by molar-refractivity contribution is 5.94. The van der Waals surface area contributed by atoms with E-state index in [1.807, 2.05) is 13.8 Å². The van der Waals surface area contributed by atoms with Crippen molar-refractivity contribution in [2.45, 2.75) is 26.8 Å². The quantitative estimate of drug-likeness (QED) is 0.153. The van der Waals surface area contributed by atoms with Crippen molar-refractivity contribution in [3.63, 3.8) is 0 Å². The van der Waals surface area contributed by atoms with E-state index < -0.39 is 17.2 Å². The summed E-state index contributed by atoms with van der Waals surface area (Å²) >= 11 is 0. The van der Waals surface area contributed by atoms with Crippen molar-refractivity contribution in [1.29, 1.82) is 0 Å². The third-order valence-corrected chi connectivity index (χ3v) is 6.20. The van der Waals surface area contributed by atoms with E-state index in [1.54, 1.807) is 51.6 Å². The van der Waals surface area contributed by atoms with Gasteiger partial charge in [-0.1, -0.05) is 12.1 Å². The first-order valence-electron chi connectivity index (χ1n) is 12.9. The van der Waals surface area contributed by atoms with Gasteiger partial charge in [0.05, 0.1) is 19.7 Å². The monoisotopic (exact) mass is 571 g/mol. The number of halogens is 1. The number of allylic oxidation sites excluding steroid dienone is 3. The lowest BCUT2D eigenvalue weighted by Gasteiger charge is -2.14. The van der Waals surface area contributed by atoms with Crippen molar-refractivity contribution in [3.05, 3.63) is 100 Å². The van der Waals surface area contributed by atoms with Crippen LogP contribution in [0, 0.1) is 5.82 Å². The summed E-state index contributed by atoms with van der Waals surface area (Å²) in [6.45, 7) is 8.95. The molecule has 0 atom stereocenters. The average Bonchev–Trinajstić information content (AvgIpc) is 2.99. The minimum absolute atomic E-state index is 0.0680. The van der Waals surface area contributed by atoms with E-state index in [0.29, 0.717) is 39.5 Å². The Morgan fingerprint density at radius 3 is 2.40 bits per heavy atom. The molecule has 2 heterocycles. The Bertz CT molecular complexity index is 1760. The fraction of sp³-hybridized carbons (Fsp3) is 0.194. The molecule has 0 aliphatic heterocycles. The lowest BCUT2D eigenvalue weighted by atomic mass is 10.1. The molecule has 0 unspecified atom stereocenters. The van der Waals surface area contributed by atoms with E-state index >= 15 is 0 Å². The second-order valence-corrected chi connectivity index (χ2v) is 9.38. The van der Waals surface area contributed by atoms with E-state index in [-0.39, 0.29) is 23.1 Å². The van der Waals surface area contributed by atoms with Crippen molar-refractivity contribution >= 4 is 23.5 Å². The molecule has 4 rings (SSSR count). The number of amides is 1. The Hall–Kier alpha value is -5.32. The molecular formula is C31H30FN5O5. The largest absolute Gasteiger partial charge is 0.493 e. The van der Waals surface area contributed by atoms with Crippen LogP contribution in [0.15, 0.2) is 88.4 Å². The Labute approximate surface area is 241 Å². The molecule has 11 heteroatoms. The van der Waals surface area contributed by atoms with Gasteiger partial charge in [-0.3, -0.25) is 19.3 Å². The summed E-state index contributed by atoms with van der Waals surface area (Å²) in [4.78, 5) is 34.7. The highest BCUT2D eigenvalue weighted by Crippen LogP contribution is 2.35. The summed E-state index contributed by atoms with van der Waals surface area (Å²) in [6, 6.07) is 10.5. The van der Waals surface area contributed by atoms with Crippen molar-refractivity contribution in [3.8, 4) is 28.4 Å². The maximum absolute atomic E-state index is 13.5. The molecule has 0 radical (unpaired) electrons. The lowest BCUT2D eigenvalue weighted by Crippen LogP contribution is -2.32. The standard InChI is InChI=1S/C31H30FN5O5/c1-18(2)37-17-23(20-8-10-21(32)11-9-20)30(38)29(36-37)31(39)35-28(33-4)12-7-19(3)42-25-13-14-34-24-16-27(41-6)26(40-5)15-22(24)25/h7-18H,4H2,1-3,5-6H3,(H,35,39)/b19-7+,28-12+. The molecule has 0 aliphatic rings. The number of hydrogen-bond donors (Lipinski definition) is 1. The van der Waals surface area contributed by atoms with E-state index in [4.69, 9.17) is 14.2 Å². The van der Waals surface area contributed by atoms with E-state index in [1.165, 1.54) is 41.2 Å². The number of nitrogens with zero attached hydrogens (tertiary/aromatic N) is 4. The highest BCUT2D eigenvalue weighted by Gasteiger charge is 2.20. The van der Waals surface area contributed by atoms with Crippen molar-refractivity contribution in [1.82, 2.24) is 20.1 Å². The van der Waals surface area contributed by atoms with Crippen LogP contribution in [0.2, 0.25) is 0 Å². The number of carbonyl (C=O) groups is 1. The smallest absolute Gasteiger partial charge is 0.281 e. The van der Waals surface area contributed by atoms with Crippen molar-refractivity contribution in [2.75, 3.05) is 14.2 Å². The molecule has 42 heavy (non-hydrogen) atoms. The summed E-state index contributed by atoms with van der Waals surface area (Å²) in [5.41, 5.74) is 0.372. The summed E-state index contributed by atoms with van der Waals surface area (Å²) < 4.78 is 31.8. The van der Waals surface area contributed by atoms with Gasteiger partial charge in [-0.15, -0.1) is 0 Å². The Morgan fingerprint density at radius 1 is 1.07 bits per heavy atom. The van der Waals surface area contributed by atoms with E-state index in [9.17, 15) is 14.0 Å². The topological polar surface area (TPSA) is 117 Å². The summed E-state index contributed by atoms with van der Waals surface area (Å²) in [5, 5.41) is 7.51. The number of benzene rings is 2. The Morgan fingerprint density at radius 2 is 1.76 bits per heavy atom. The molecule has 216 valence electrons. The number of hydrogen-bond acceptors (Lipinski definition) is 8. The van der Waals surface area contributed by atoms with Crippen molar-refractivity contribution < 1.29 is 23.4 Å². The average molecular weight is 572 g/mol. The van der Waals surface area contributed by atoms with Crippen LogP contribution >= 0.6 is 0 Å². The third-order valence-electron chi connectivity index (χ3n) is 6.20. The predicted octanol–water partition coefficient (Wildman–Crippen LogP) is 5.45. The van der Waals surface area contributed by atoms with Crippen LogP contribution in [0.3, 0.4) is 0 Å². The summed E-state index contributed by atoms with van der Waals surface area (Å²) in [5.74, 6) is 0.913. The Balaban J connectivity index is 1.60. The van der Waals surface area contributed by atoms with Gasteiger partial charge in [0.25, 0.3) is 5.91 Å². The van der Waals surface area contributed by atoms with Gasteiger partial charge < -0.3 is 19.5 Å². The number of carbonyl (C=O) groups excluding carboxylic acids is 1. The second kappa shape index (κ2) is 12.9. The molecule has 0 saturated heterocycles. The Kier molecular flexibility index (Phi) is 9.11. The van der Waals surface area contributed by atoms with Gasteiger partial charge in [0.1, 0.15) is 23.1 Å². The van der Waals surface area contributed by atoms with Crippen LogP contribution in [-0.2, 0) is 0 Å². The first kappa shape index (κ1) is 29.7. The van der Waals surface area contributed by atoms with Gasteiger partial charge in [-0.2, -0.15) is 5.10 Å². The van der Waals surface area contributed by atoms with Gasteiger partial charge in [-0.05, 0) is 69.5 Å². The van der Waals surface area contributed by atoms with Gasteiger partial charge in [0, 0.05) is 35.5 Å². The molecule has 0 fully saturated rings. The fourth-order valence-electron chi connectivity index (χ4n) is 4.01. The zero-order chi connectivity index (χ0) is 30.4. The molecule has 4 aromatic rings. The summed E-state index contributed by atoms with van der Waals surface area (Å²) in [6.07, 6.45) is 6.22. The number of ether oxygens (including phenoxy) is 3. The molecule has 0 spiro atoms. The SMILES string of the molecule is C=N/C(=C\C=C(/C)Oc1ccnc2cc(OC)c(OC)cc12)NC(=O)c1nn(C(C)C)cc(-c2ccc(F)cc2)c1=O. The maximum Gasteiger partial charge on any atom is 0.281 e. The van der Waals surface area contributed by atoms with Crippen LogP contribution in [0.25, 0.3) is 22.0 Å². The molecule has 0 aliphatic carbocycles. The normalized spacial score (nSPS) is 11.9. The van der Waals surface area contributed by atoms with E-state index in [2.05, 4.69) is 27.1 Å². The number of rotatable bonds is 10. The number of fused-ring (bicyclic) bond motifs is 1. The van der Waals surface area contributed by atoms with E-state index in [0.717, 1.165) is 0 Å². The third kappa shape index (κ3) is 6.52. The maximum atomic E-state index is 13.5. The molecule has 2 aromatic heterocycles. The minimum Gasteiger partial charge on any atom is -0.493 e. The molecule has 0 saturated carbocycles.